The average Bonchev–Trinajstić information content (AvgIpc) is 1.59. The van der Waals surface area contributed by atoms with Crippen LogP contribution in [0.5, 0.6) is 0 Å². The van der Waals surface area contributed by atoms with Gasteiger partial charge in [-0.2, -0.15) is 0 Å². The molecule has 8 heavy (non-hydrogen) atoms. The Hall–Kier alpha value is 0.460. The van der Waals surface area contributed by atoms with E-state index in [0.717, 1.165) is 0 Å². The topological polar surface area (TPSA) is 34.1 Å². The van der Waals surface area contributed by atoms with Crippen molar-refractivity contribution in [3.63, 3.8) is 0 Å². The summed E-state index contributed by atoms with van der Waals surface area (Å²) in [6, 6.07) is 0. The van der Waals surface area contributed by atoms with Gasteiger partial charge in [-0.05, 0) is 4.99 Å². The van der Waals surface area contributed by atoms with Gasteiger partial charge < -0.3 is 0 Å². The highest BCUT2D eigenvalue weighted by Crippen LogP contribution is 1.96. The Morgan fingerprint density at radius 3 is 2.25 bits per heavy atom. The molecule has 0 radical (unpaired) electrons. The van der Waals surface area contributed by atoms with E-state index in [4.69, 9.17) is 10.7 Å². The largest absolute Gasteiger partial charge is 0.236 e. The van der Waals surface area contributed by atoms with Crippen LogP contribution in [0.25, 0.3) is 0 Å². The van der Waals surface area contributed by atoms with Gasteiger partial charge in [-0.3, -0.25) is 0 Å². The summed E-state index contributed by atoms with van der Waals surface area (Å²) in [5, 5.41) is 0. The van der Waals surface area contributed by atoms with E-state index in [1.807, 2.05) is 0 Å². The maximum atomic E-state index is 10.1. The Morgan fingerprint density at radius 1 is 1.62 bits per heavy atom. The molecule has 0 saturated heterocycles. The van der Waals surface area contributed by atoms with Gasteiger partial charge in [-0.15, -0.1) is 0 Å². The molecule has 0 unspecified atom stereocenters. The van der Waals surface area contributed by atoms with Crippen molar-refractivity contribution in [2.24, 2.45) is 0 Å². The van der Waals surface area contributed by atoms with Crippen LogP contribution in [-0.4, -0.2) is 14.2 Å². The molecule has 0 aliphatic rings. The Balaban J connectivity index is 3.76. The molecule has 0 bridgehead atoms. The second-order valence-corrected chi connectivity index (χ2v) is 4.42. The van der Waals surface area contributed by atoms with Crippen molar-refractivity contribution in [3.05, 3.63) is 11.1 Å². The fourth-order valence-corrected chi connectivity index (χ4v) is 1.13. The van der Waals surface area contributed by atoms with Gasteiger partial charge in [0.2, 0.25) is 9.05 Å². The molecular formula is C3H4BrClO2S. The molecule has 0 heterocycles. The lowest BCUT2D eigenvalue weighted by Gasteiger charge is -1.81. The van der Waals surface area contributed by atoms with Crippen molar-refractivity contribution in [2.75, 3.05) is 5.75 Å². The zero-order chi connectivity index (χ0) is 6.62. The third kappa shape index (κ3) is 6.46. The highest BCUT2D eigenvalue weighted by molar-refractivity contribution is 9.11. The predicted molar refractivity (Wildman–Crippen MR) is 37.7 cm³/mol. The SMILES string of the molecule is O=S(=O)(Cl)CC=CBr. The van der Waals surface area contributed by atoms with Gasteiger partial charge in [-0.1, -0.05) is 22.0 Å². The lowest BCUT2D eigenvalue weighted by Crippen LogP contribution is -1.90. The zero-order valence-electron chi connectivity index (χ0n) is 3.84. The van der Waals surface area contributed by atoms with Crippen LogP contribution in [0.3, 0.4) is 0 Å². The van der Waals surface area contributed by atoms with Crippen LogP contribution >= 0.6 is 26.6 Å². The van der Waals surface area contributed by atoms with E-state index in [1.165, 1.54) is 11.1 Å². The summed E-state index contributed by atoms with van der Waals surface area (Å²) in [5.74, 6) is -0.125. The molecule has 0 aromatic heterocycles. The standard InChI is InChI=1S/C3H4BrClO2S/c4-2-1-3-8(5,6)7/h1-2H,3H2. The minimum atomic E-state index is -3.33. The van der Waals surface area contributed by atoms with Crippen LogP contribution in [0.2, 0.25) is 0 Å². The predicted octanol–water partition coefficient (Wildman–Crippen LogP) is 1.46. The Kier molecular flexibility index (Phi) is 3.68. The van der Waals surface area contributed by atoms with E-state index in [-0.39, 0.29) is 5.75 Å². The van der Waals surface area contributed by atoms with Crippen molar-refractivity contribution in [1.82, 2.24) is 0 Å². The fraction of sp³-hybridized carbons (Fsp3) is 0.333. The Morgan fingerprint density at radius 2 is 2.12 bits per heavy atom. The van der Waals surface area contributed by atoms with Crippen LogP contribution in [0, 0.1) is 0 Å². The molecule has 48 valence electrons. The van der Waals surface area contributed by atoms with Gasteiger partial charge in [0.15, 0.2) is 0 Å². The molecule has 0 aliphatic heterocycles. The normalized spacial score (nSPS) is 12.8. The highest BCUT2D eigenvalue weighted by Gasteiger charge is 1.98. The molecule has 0 rings (SSSR count). The molecule has 0 fully saturated rings. The van der Waals surface area contributed by atoms with Crippen molar-refractivity contribution in [3.8, 4) is 0 Å². The Labute approximate surface area is 61.1 Å². The van der Waals surface area contributed by atoms with Gasteiger partial charge in [-0.25, -0.2) is 8.42 Å². The van der Waals surface area contributed by atoms with Gasteiger partial charge in [0.25, 0.3) is 0 Å². The van der Waals surface area contributed by atoms with Crippen LogP contribution < -0.4 is 0 Å². The van der Waals surface area contributed by atoms with E-state index in [0.29, 0.717) is 0 Å². The first-order valence-electron chi connectivity index (χ1n) is 1.74. The molecule has 0 aromatic rings. The number of hydrogen-bond acceptors (Lipinski definition) is 2. The minimum absolute atomic E-state index is 0.125. The van der Waals surface area contributed by atoms with Crippen LogP contribution in [0.1, 0.15) is 0 Å². The van der Waals surface area contributed by atoms with Crippen molar-refractivity contribution in [2.45, 2.75) is 0 Å². The first kappa shape index (κ1) is 8.46. The zero-order valence-corrected chi connectivity index (χ0v) is 7.00. The van der Waals surface area contributed by atoms with E-state index < -0.39 is 9.05 Å². The van der Waals surface area contributed by atoms with Crippen molar-refractivity contribution >= 4 is 35.7 Å². The molecule has 0 amide bonds. The number of rotatable bonds is 2. The Bertz CT molecular complexity index is 172. The molecule has 0 aliphatic carbocycles. The first-order chi connectivity index (χ1) is 3.56. The second-order valence-electron chi connectivity index (χ2n) is 1.07. The van der Waals surface area contributed by atoms with Crippen LogP contribution in [0.15, 0.2) is 11.1 Å². The maximum absolute atomic E-state index is 10.1. The van der Waals surface area contributed by atoms with Gasteiger partial charge >= 0.3 is 0 Å². The summed E-state index contributed by atoms with van der Waals surface area (Å²) in [4.78, 5) is 1.45. The monoisotopic (exact) mass is 218 g/mol. The van der Waals surface area contributed by atoms with Gasteiger partial charge in [0.05, 0.1) is 5.75 Å². The molecule has 5 heteroatoms. The van der Waals surface area contributed by atoms with Crippen LogP contribution in [-0.2, 0) is 9.05 Å². The first-order valence-corrected chi connectivity index (χ1v) is 5.13. The summed E-state index contributed by atoms with van der Waals surface area (Å²) in [5.41, 5.74) is 0. The van der Waals surface area contributed by atoms with E-state index in [9.17, 15) is 8.42 Å². The lowest BCUT2D eigenvalue weighted by atomic mass is 10.8. The van der Waals surface area contributed by atoms with Gasteiger partial charge in [0.1, 0.15) is 0 Å². The molecule has 2 nitrogen and oxygen atoms in total. The summed E-state index contributed by atoms with van der Waals surface area (Å²) in [7, 11) is 1.48. The van der Waals surface area contributed by atoms with Crippen LogP contribution in [0.4, 0.5) is 0 Å². The molecule has 0 N–H and O–H groups in total. The molecule has 0 atom stereocenters. The molecule has 0 saturated carbocycles. The third-order valence-electron chi connectivity index (χ3n) is 0.384. The molecular weight excluding hydrogens is 215 g/mol. The third-order valence-corrected chi connectivity index (χ3v) is 1.73. The maximum Gasteiger partial charge on any atom is 0.236 e. The van der Waals surface area contributed by atoms with Crippen molar-refractivity contribution < 1.29 is 8.42 Å². The fourth-order valence-electron chi connectivity index (χ4n) is 0.151. The average molecular weight is 219 g/mol. The van der Waals surface area contributed by atoms with E-state index in [1.54, 1.807) is 0 Å². The summed E-state index contributed by atoms with van der Waals surface area (Å²) in [6.45, 7) is 0. The molecule has 0 aromatic carbocycles. The highest BCUT2D eigenvalue weighted by atomic mass is 79.9. The van der Waals surface area contributed by atoms with E-state index >= 15 is 0 Å². The summed E-state index contributed by atoms with van der Waals surface area (Å²) >= 11 is 2.90. The summed E-state index contributed by atoms with van der Waals surface area (Å²) < 4.78 is 20.2. The second kappa shape index (κ2) is 3.48. The smallest absolute Gasteiger partial charge is 0.212 e. The summed E-state index contributed by atoms with van der Waals surface area (Å²) in [6.07, 6.45) is 1.41. The lowest BCUT2D eigenvalue weighted by molar-refractivity contribution is 0.612. The number of halogens is 2. The molecule has 0 spiro atoms. The van der Waals surface area contributed by atoms with Crippen molar-refractivity contribution in [1.29, 1.82) is 0 Å². The van der Waals surface area contributed by atoms with E-state index in [2.05, 4.69) is 15.9 Å². The quantitative estimate of drug-likeness (QED) is 0.659. The minimum Gasteiger partial charge on any atom is -0.212 e. The van der Waals surface area contributed by atoms with Gasteiger partial charge in [0, 0.05) is 10.7 Å². The number of hydrogen-bond donors (Lipinski definition) is 0.